The van der Waals surface area contributed by atoms with Gasteiger partial charge in [-0.15, -0.1) is 11.3 Å². The third kappa shape index (κ3) is 3.97. The third-order valence-corrected chi connectivity index (χ3v) is 6.41. The third-order valence-electron chi connectivity index (χ3n) is 5.46. The molecule has 0 aromatic carbocycles. The molecule has 1 N–H and O–H groups in total. The second kappa shape index (κ2) is 7.32. The number of nitrogens with one attached hydrogen (secondary N) is 1. The Morgan fingerprint density at radius 3 is 2.48 bits per heavy atom. The fraction of sp³-hybridized carbons (Fsp3) is 0.722. The average Bonchev–Trinajstić information content (AvgIpc) is 3.15. The second-order valence-electron chi connectivity index (χ2n) is 7.41. The van der Waals surface area contributed by atoms with Crippen molar-refractivity contribution in [2.75, 3.05) is 31.1 Å². The average molecular weight is 362 g/mol. The lowest BCUT2D eigenvalue weighted by Crippen LogP contribution is -2.43. The lowest BCUT2D eigenvalue weighted by atomic mass is 9.95. The summed E-state index contributed by atoms with van der Waals surface area (Å²) in [5.74, 6) is 0.713. The smallest absolute Gasteiger partial charge is 0.225 e. The van der Waals surface area contributed by atoms with E-state index in [1.165, 1.54) is 12.8 Å². The van der Waals surface area contributed by atoms with Crippen LogP contribution in [0.15, 0.2) is 5.38 Å². The molecule has 0 bridgehead atoms. The summed E-state index contributed by atoms with van der Waals surface area (Å²) < 4.78 is 0. The zero-order chi connectivity index (χ0) is 17.2. The molecule has 25 heavy (non-hydrogen) atoms. The Labute approximate surface area is 152 Å². The van der Waals surface area contributed by atoms with E-state index in [0.29, 0.717) is 12.5 Å². The highest BCUT2D eigenvalue weighted by molar-refractivity contribution is 7.13. The molecule has 0 unspecified atom stereocenters. The maximum absolute atomic E-state index is 12.4. The van der Waals surface area contributed by atoms with Crippen LogP contribution in [0.25, 0.3) is 0 Å². The molecular weight excluding hydrogens is 336 g/mol. The summed E-state index contributed by atoms with van der Waals surface area (Å²) in [4.78, 5) is 33.4. The van der Waals surface area contributed by atoms with Crippen LogP contribution in [0, 0.1) is 11.8 Å². The van der Waals surface area contributed by atoms with Gasteiger partial charge in [-0.05, 0) is 38.5 Å². The highest BCUT2D eigenvalue weighted by atomic mass is 32.1. The molecule has 0 radical (unpaired) electrons. The molecule has 136 valence electrons. The van der Waals surface area contributed by atoms with Crippen LogP contribution in [0.2, 0.25) is 0 Å². The van der Waals surface area contributed by atoms with Gasteiger partial charge in [-0.25, -0.2) is 4.98 Å². The molecule has 1 aromatic rings. The van der Waals surface area contributed by atoms with Crippen LogP contribution in [0.1, 0.15) is 44.2 Å². The molecule has 1 aliphatic carbocycles. The Kier molecular flexibility index (Phi) is 4.92. The van der Waals surface area contributed by atoms with Gasteiger partial charge in [0.25, 0.3) is 0 Å². The molecule has 0 atom stereocenters. The molecule has 6 nitrogen and oxygen atoms in total. The van der Waals surface area contributed by atoms with E-state index < -0.39 is 0 Å². The van der Waals surface area contributed by atoms with E-state index in [1.807, 2.05) is 10.3 Å². The monoisotopic (exact) mass is 362 g/mol. The van der Waals surface area contributed by atoms with E-state index in [9.17, 15) is 9.59 Å². The number of nitrogens with zero attached hydrogens (tertiary/aromatic N) is 3. The highest BCUT2D eigenvalue weighted by Gasteiger charge is 2.35. The number of anilines is 1. The Hall–Kier alpha value is -1.63. The Morgan fingerprint density at radius 1 is 1.08 bits per heavy atom. The minimum absolute atomic E-state index is 0.0277. The molecule has 0 spiro atoms. The van der Waals surface area contributed by atoms with Crippen LogP contribution in [-0.2, 0) is 16.1 Å². The Balaban J connectivity index is 1.22. The van der Waals surface area contributed by atoms with Gasteiger partial charge in [0.15, 0.2) is 5.13 Å². The summed E-state index contributed by atoms with van der Waals surface area (Å²) in [6, 6.07) is 0. The zero-order valence-corrected chi connectivity index (χ0v) is 15.4. The van der Waals surface area contributed by atoms with E-state index in [1.54, 1.807) is 11.3 Å². The van der Waals surface area contributed by atoms with Crippen molar-refractivity contribution in [2.24, 2.45) is 11.8 Å². The SMILES string of the molecule is O=C(NCc1csc(N2CCCC2)n1)C1CCN(C(=O)C2CC2)CC1. The topological polar surface area (TPSA) is 65.5 Å². The van der Waals surface area contributed by atoms with Crippen molar-refractivity contribution in [1.29, 1.82) is 0 Å². The summed E-state index contributed by atoms with van der Waals surface area (Å²) in [6.07, 6.45) is 6.14. The quantitative estimate of drug-likeness (QED) is 0.870. The summed E-state index contributed by atoms with van der Waals surface area (Å²) >= 11 is 1.67. The van der Waals surface area contributed by atoms with Crippen LogP contribution in [0.3, 0.4) is 0 Å². The van der Waals surface area contributed by atoms with Gasteiger partial charge in [-0.2, -0.15) is 0 Å². The van der Waals surface area contributed by atoms with Crippen molar-refractivity contribution in [1.82, 2.24) is 15.2 Å². The lowest BCUT2D eigenvalue weighted by molar-refractivity contribution is -0.136. The van der Waals surface area contributed by atoms with Crippen LogP contribution < -0.4 is 10.2 Å². The number of carbonyl (C=O) groups is 2. The fourth-order valence-corrected chi connectivity index (χ4v) is 4.58. The van der Waals surface area contributed by atoms with Gasteiger partial charge in [0.2, 0.25) is 11.8 Å². The van der Waals surface area contributed by atoms with Gasteiger partial charge < -0.3 is 15.1 Å². The second-order valence-corrected chi connectivity index (χ2v) is 8.24. The first kappa shape index (κ1) is 16.8. The molecule has 3 aliphatic rings. The zero-order valence-electron chi connectivity index (χ0n) is 14.6. The molecule has 2 amide bonds. The largest absolute Gasteiger partial charge is 0.350 e. The number of aromatic nitrogens is 1. The Morgan fingerprint density at radius 2 is 1.80 bits per heavy atom. The van der Waals surface area contributed by atoms with Crippen molar-refractivity contribution < 1.29 is 9.59 Å². The molecule has 7 heteroatoms. The highest BCUT2D eigenvalue weighted by Crippen LogP contribution is 2.32. The van der Waals surface area contributed by atoms with Crippen molar-refractivity contribution in [3.8, 4) is 0 Å². The number of hydrogen-bond donors (Lipinski definition) is 1. The van der Waals surface area contributed by atoms with Crippen LogP contribution in [0.5, 0.6) is 0 Å². The molecular formula is C18H26N4O2S. The minimum atomic E-state index is 0.0277. The van der Waals surface area contributed by atoms with E-state index in [-0.39, 0.29) is 17.7 Å². The van der Waals surface area contributed by atoms with Gasteiger partial charge in [-0.1, -0.05) is 0 Å². The van der Waals surface area contributed by atoms with Crippen molar-refractivity contribution in [3.63, 3.8) is 0 Å². The Bertz CT molecular complexity index is 629. The molecule has 1 saturated carbocycles. The molecule has 1 aromatic heterocycles. The first-order valence-corrected chi connectivity index (χ1v) is 10.3. The number of thiazole rings is 1. The molecule has 2 aliphatic heterocycles. The van der Waals surface area contributed by atoms with Crippen LogP contribution in [-0.4, -0.2) is 47.9 Å². The summed E-state index contributed by atoms with van der Waals surface area (Å²) in [5, 5.41) is 6.16. The van der Waals surface area contributed by atoms with Crippen molar-refractivity contribution >= 4 is 28.3 Å². The van der Waals surface area contributed by atoms with Gasteiger partial charge in [0.1, 0.15) is 0 Å². The maximum atomic E-state index is 12.4. The van der Waals surface area contributed by atoms with Gasteiger partial charge >= 0.3 is 0 Å². The number of carbonyl (C=O) groups excluding carboxylic acids is 2. The minimum Gasteiger partial charge on any atom is -0.350 e. The van der Waals surface area contributed by atoms with Gasteiger partial charge in [-0.3, -0.25) is 9.59 Å². The molecule has 2 saturated heterocycles. The summed E-state index contributed by atoms with van der Waals surface area (Å²) in [7, 11) is 0. The van der Waals surface area contributed by atoms with Crippen molar-refractivity contribution in [2.45, 2.75) is 45.1 Å². The predicted octanol–water partition coefficient (Wildman–Crippen LogP) is 2.01. The van der Waals surface area contributed by atoms with Gasteiger partial charge in [0, 0.05) is 43.4 Å². The molecule has 3 heterocycles. The van der Waals surface area contributed by atoms with E-state index in [2.05, 4.69) is 15.2 Å². The molecule has 3 fully saturated rings. The number of hydrogen-bond acceptors (Lipinski definition) is 5. The number of amides is 2. The van der Waals surface area contributed by atoms with E-state index >= 15 is 0 Å². The van der Waals surface area contributed by atoms with E-state index in [0.717, 1.165) is 62.7 Å². The standard InChI is InChI=1S/C18H26N4O2S/c23-16(13-5-9-21(10-6-13)17(24)14-3-4-14)19-11-15-12-25-18(20-15)22-7-1-2-8-22/h12-14H,1-11H2,(H,19,23). The number of likely N-dealkylation sites (tertiary alicyclic amines) is 1. The fourth-order valence-electron chi connectivity index (χ4n) is 3.70. The van der Waals surface area contributed by atoms with Crippen LogP contribution in [0.4, 0.5) is 5.13 Å². The summed E-state index contributed by atoms with van der Waals surface area (Å²) in [5.41, 5.74) is 0.946. The number of piperidine rings is 1. The first-order chi connectivity index (χ1) is 12.2. The van der Waals surface area contributed by atoms with Crippen molar-refractivity contribution in [3.05, 3.63) is 11.1 Å². The summed E-state index contributed by atoms with van der Waals surface area (Å²) in [6.45, 7) is 4.14. The molecule has 4 rings (SSSR count). The normalized spacial score (nSPS) is 21.6. The van der Waals surface area contributed by atoms with E-state index in [4.69, 9.17) is 0 Å². The van der Waals surface area contributed by atoms with Crippen LogP contribution >= 0.6 is 11.3 Å². The predicted molar refractivity (Wildman–Crippen MR) is 97.4 cm³/mol. The number of rotatable bonds is 5. The lowest BCUT2D eigenvalue weighted by Gasteiger charge is -2.31. The first-order valence-electron chi connectivity index (χ1n) is 9.46. The maximum Gasteiger partial charge on any atom is 0.225 e. The van der Waals surface area contributed by atoms with Gasteiger partial charge in [0.05, 0.1) is 12.2 Å².